The van der Waals surface area contributed by atoms with E-state index in [1.54, 1.807) is 45.0 Å². The van der Waals surface area contributed by atoms with E-state index in [9.17, 15) is 13.2 Å². The van der Waals surface area contributed by atoms with Gasteiger partial charge in [-0.05, 0) is 62.7 Å². The predicted octanol–water partition coefficient (Wildman–Crippen LogP) is 3.08. The zero-order chi connectivity index (χ0) is 19.4. The SMILES string of the molecule is CC(C)(C)NS(=O)(=O)c1ccc(C(=O)Nc2ccc(CC#N)cc2)cc1. The molecule has 0 atom stereocenters. The van der Waals surface area contributed by atoms with Crippen LogP contribution in [0.1, 0.15) is 36.7 Å². The minimum Gasteiger partial charge on any atom is -0.322 e. The molecule has 0 radical (unpaired) electrons. The Morgan fingerprint density at radius 3 is 2.12 bits per heavy atom. The molecule has 26 heavy (non-hydrogen) atoms. The van der Waals surface area contributed by atoms with Crippen molar-refractivity contribution in [1.82, 2.24) is 4.72 Å². The molecule has 0 heterocycles. The van der Waals surface area contributed by atoms with Gasteiger partial charge in [-0.25, -0.2) is 13.1 Å². The second-order valence-electron chi connectivity index (χ2n) is 6.87. The summed E-state index contributed by atoms with van der Waals surface area (Å²) in [5, 5.41) is 11.4. The number of hydrogen-bond acceptors (Lipinski definition) is 4. The summed E-state index contributed by atoms with van der Waals surface area (Å²) in [7, 11) is -3.64. The average molecular weight is 371 g/mol. The van der Waals surface area contributed by atoms with Gasteiger partial charge in [0.1, 0.15) is 0 Å². The second kappa shape index (κ2) is 7.68. The van der Waals surface area contributed by atoms with Crippen LogP contribution in [-0.4, -0.2) is 19.9 Å². The Balaban J connectivity index is 2.10. The van der Waals surface area contributed by atoms with Gasteiger partial charge < -0.3 is 5.32 Å². The lowest BCUT2D eigenvalue weighted by Gasteiger charge is -2.20. The molecule has 0 aliphatic rings. The Bertz CT molecular complexity index is 920. The predicted molar refractivity (Wildman–Crippen MR) is 100 cm³/mol. The van der Waals surface area contributed by atoms with Crippen molar-refractivity contribution in [3.05, 3.63) is 59.7 Å². The Kier molecular flexibility index (Phi) is 5.80. The summed E-state index contributed by atoms with van der Waals surface area (Å²) in [4.78, 5) is 12.4. The van der Waals surface area contributed by atoms with Gasteiger partial charge in [0.2, 0.25) is 10.0 Å². The van der Waals surface area contributed by atoms with Crippen LogP contribution in [0.3, 0.4) is 0 Å². The third kappa shape index (κ3) is 5.41. The molecular weight excluding hydrogens is 350 g/mol. The molecule has 0 saturated carbocycles. The van der Waals surface area contributed by atoms with Crippen molar-refractivity contribution in [2.24, 2.45) is 0 Å². The summed E-state index contributed by atoms with van der Waals surface area (Å²) in [6, 6.07) is 14.8. The molecule has 0 aliphatic heterocycles. The van der Waals surface area contributed by atoms with Crippen LogP contribution in [0.25, 0.3) is 0 Å². The quantitative estimate of drug-likeness (QED) is 0.843. The number of amides is 1. The van der Waals surface area contributed by atoms with Crippen LogP contribution in [0.4, 0.5) is 5.69 Å². The smallest absolute Gasteiger partial charge is 0.255 e. The number of hydrogen-bond donors (Lipinski definition) is 2. The lowest BCUT2D eigenvalue weighted by atomic mass is 10.1. The molecule has 1 amide bonds. The molecule has 2 rings (SSSR count). The number of nitrogens with one attached hydrogen (secondary N) is 2. The van der Waals surface area contributed by atoms with E-state index in [0.29, 0.717) is 17.7 Å². The van der Waals surface area contributed by atoms with Crippen LogP contribution in [0.5, 0.6) is 0 Å². The third-order valence-corrected chi connectivity index (χ3v) is 5.14. The number of carbonyl (C=O) groups is 1. The Morgan fingerprint density at radius 1 is 1.04 bits per heavy atom. The Morgan fingerprint density at radius 2 is 1.62 bits per heavy atom. The zero-order valence-electron chi connectivity index (χ0n) is 14.9. The van der Waals surface area contributed by atoms with E-state index in [1.165, 1.54) is 24.3 Å². The first-order chi connectivity index (χ1) is 12.1. The molecule has 2 aromatic rings. The number of benzene rings is 2. The van der Waals surface area contributed by atoms with Crippen LogP contribution in [-0.2, 0) is 16.4 Å². The summed E-state index contributed by atoms with van der Waals surface area (Å²) in [6.45, 7) is 5.27. The maximum Gasteiger partial charge on any atom is 0.255 e. The molecule has 0 saturated heterocycles. The molecule has 6 nitrogen and oxygen atoms in total. The topological polar surface area (TPSA) is 99.1 Å². The highest BCUT2D eigenvalue weighted by Gasteiger charge is 2.22. The van der Waals surface area contributed by atoms with Gasteiger partial charge in [-0.1, -0.05) is 12.1 Å². The van der Waals surface area contributed by atoms with E-state index in [2.05, 4.69) is 16.1 Å². The molecule has 2 aromatic carbocycles. The number of nitriles is 1. The van der Waals surface area contributed by atoms with E-state index >= 15 is 0 Å². The summed E-state index contributed by atoms with van der Waals surface area (Å²) in [5.74, 6) is -0.342. The van der Waals surface area contributed by atoms with Gasteiger partial charge in [-0.15, -0.1) is 0 Å². The molecule has 0 aromatic heterocycles. The monoisotopic (exact) mass is 371 g/mol. The largest absolute Gasteiger partial charge is 0.322 e. The summed E-state index contributed by atoms with van der Waals surface area (Å²) < 4.78 is 27.1. The van der Waals surface area contributed by atoms with Crippen LogP contribution in [0.2, 0.25) is 0 Å². The van der Waals surface area contributed by atoms with E-state index in [4.69, 9.17) is 5.26 Å². The minimum atomic E-state index is -3.64. The maximum atomic E-state index is 12.3. The van der Waals surface area contributed by atoms with Gasteiger partial charge in [0.15, 0.2) is 0 Å². The Labute approximate surface area is 153 Å². The van der Waals surface area contributed by atoms with Crippen molar-refractivity contribution in [2.75, 3.05) is 5.32 Å². The highest BCUT2D eigenvalue weighted by molar-refractivity contribution is 7.89. The van der Waals surface area contributed by atoms with Gasteiger partial charge in [-0.2, -0.15) is 5.26 Å². The van der Waals surface area contributed by atoms with E-state index in [1.807, 2.05) is 0 Å². The van der Waals surface area contributed by atoms with Crippen molar-refractivity contribution in [3.63, 3.8) is 0 Å². The summed E-state index contributed by atoms with van der Waals surface area (Å²) >= 11 is 0. The fraction of sp³-hybridized carbons (Fsp3) is 0.263. The number of sulfonamides is 1. The fourth-order valence-corrected chi connectivity index (χ4v) is 3.67. The lowest BCUT2D eigenvalue weighted by Crippen LogP contribution is -2.40. The van der Waals surface area contributed by atoms with E-state index < -0.39 is 15.6 Å². The maximum absolute atomic E-state index is 12.3. The van der Waals surface area contributed by atoms with E-state index in [0.717, 1.165) is 5.56 Å². The molecule has 0 aliphatic carbocycles. The van der Waals surface area contributed by atoms with Gasteiger partial charge in [0.05, 0.1) is 17.4 Å². The van der Waals surface area contributed by atoms with Crippen molar-refractivity contribution in [2.45, 2.75) is 37.6 Å². The number of rotatable bonds is 5. The zero-order valence-corrected chi connectivity index (χ0v) is 15.7. The molecule has 0 fully saturated rings. The lowest BCUT2D eigenvalue weighted by molar-refractivity contribution is 0.102. The minimum absolute atomic E-state index is 0.102. The molecule has 0 spiro atoms. The van der Waals surface area contributed by atoms with Gasteiger partial charge in [-0.3, -0.25) is 4.79 Å². The van der Waals surface area contributed by atoms with Crippen molar-refractivity contribution < 1.29 is 13.2 Å². The average Bonchev–Trinajstić information content (AvgIpc) is 2.55. The van der Waals surface area contributed by atoms with Crippen molar-refractivity contribution in [1.29, 1.82) is 5.26 Å². The van der Waals surface area contributed by atoms with Crippen LogP contribution < -0.4 is 10.0 Å². The van der Waals surface area contributed by atoms with Crippen LogP contribution in [0.15, 0.2) is 53.4 Å². The molecule has 0 unspecified atom stereocenters. The standard InChI is InChI=1S/C19H21N3O3S/c1-19(2,3)22-26(24,25)17-10-6-15(7-11-17)18(23)21-16-8-4-14(5-9-16)12-13-20/h4-11,22H,12H2,1-3H3,(H,21,23). The summed E-state index contributed by atoms with van der Waals surface area (Å²) in [5.41, 5.74) is 1.22. The first kappa shape index (κ1) is 19.6. The number of carbonyl (C=O) groups excluding carboxylic acids is 1. The fourth-order valence-electron chi connectivity index (χ4n) is 2.25. The first-order valence-electron chi connectivity index (χ1n) is 8.02. The van der Waals surface area contributed by atoms with Gasteiger partial charge in [0.25, 0.3) is 5.91 Å². The highest BCUT2D eigenvalue weighted by Crippen LogP contribution is 2.16. The second-order valence-corrected chi connectivity index (χ2v) is 8.55. The molecule has 0 bridgehead atoms. The molecule has 2 N–H and O–H groups in total. The molecule has 7 heteroatoms. The third-order valence-electron chi connectivity index (χ3n) is 3.36. The van der Waals surface area contributed by atoms with Gasteiger partial charge in [0, 0.05) is 16.8 Å². The normalized spacial score (nSPS) is 11.6. The summed E-state index contributed by atoms with van der Waals surface area (Å²) in [6.07, 6.45) is 0.312. The highest BCUT2D eigenvalue weighted by atomic mass is 32.2. The van der Waals surface area contributed by atoms with Crippen molar-refractivity contribution in [3.8, 4) is 6.07 Å². The molecule has 136 valence electrons. The number of nitrogens with zero attached hydrogens (tertiary/aromatic N) is 1. The van der Waals surface area contributed by atoms with Gasteiger partial charge >= 0.3 is 0 Å². The van der Waals surface area contributed by atoms with Crippen molar-refractivity contribution >= 4 is 21.6 Å². The van der Waals surface area contributed by atoms with E-state index in [-0.39, 0.29) is 10.8 Å². The first-order valence-corrected chi connectivity index (χ1v) is 9.50. The van der Waals surface area contributed by atoms with Crippen LogP contribution in [0, 0.1) is 11.3 Å². The van der Waals surface area contributed by atoms with Crippen LogP contribution >= 0.6 is 0 Å². The molecular formula is C19H21N3O3S. The number of anilines is 1. The Hall–Kier alpha value is -2.69.